The molecule has 2 aromatic heterocycles. The lowest BCUT2D eigenvalue weighted by Gasteiger charge is -2.25. The maximum atomic E-state index is 12.6. The summed E-state index contributed by atoms with van der Waals surface area (Å²) in [6, 6.07) is 5.88. The molecule has 0 aliphatic carbocycles. The zero-order chi connectivity index (χ0) is 22.9. The molecule has 32 heavy (non-hydrogen) atoms. The van der Waals surface area contributed by atoms with E-state index >= 15 is 0 Å². The molecule has 1 fully saturated rings. The Hall–Kier alpha value is -3.04. The van der Waals surface area contributed by atoms with Gasteiger partial charge < -0.3 is 24.3 Å². The van der Waals surface area contributed by atoms with Crippen molar-refractivity contribution in [1.82, 2.24) is 25.1 Å². The molecule has 9 nitrogen and oxygen atoms in total. The molecule has 170 valence electrons. The minimum atomic E-state index is -0.0889. The van der Waals surface area contributed by atoms with Crippen molar-refractivity contribution in [3.8, 4) is 17.0 Å². The van der Waals surface area contributed by atoms with Gasteiger partial charge in [0, 0.05) is 56.0 Å². The fourth-order valence-corrected chi connectivity index (χ4v) is 4.02. The summed E-state index contributed by atoms with van der Waals surface area (Å²) in [6.45, 7) is 8.31. The largest absolute Gasteiger partial charge is 0.467 e. The normalized spacial score (nSPS) is 16.7. The Kier molecular flexibility index (Phi) is 6.12. The standard InChI is InChI=1S/C23H30N6O3/c1-23(2,3)25-16-7-9-29(13-16)22-24-12-19(26-27-22)18-11-17-15(6-8-28(4)21(17)30)10-20(18)32-14-31-5/h6,8,10-12,16,25H,7,9,13-14H2,1-5H3/t16-/m0/s1. The monoisotopic (exact) mass is 438 g/mol. The minimum absolute atomic E-state index is 0.0649. The molecule has 0 amide bonds. The first-order valence-corrected chi connectivity index (χ1v) is 10.7. The zero-order valence-corrected chi connectivity index (χ0v) is 19.3. The average Bonchev–Trinajstić information content (AvgIpc) is 3.21. The number of nitrogens with zero attached hydrogens (tertiary/aromatic N) is 5. The molecule has 3 aromatic rings. The van der Waals surface area contributed by atoms with Gasteiger partial charge in [0.2, 0.25) is 5.95 Å². The Morgan fingerprint density at radius 2 is 2.06 bits per heavy atom. The van der Waals surface area contributed by atoms with Crippen LogP contribution in [0.2, 0.25) is 0 Å². The van der Waals surface area contributed by atoms with Gasteiger partial charge in [-0.05, 0) is 50.8 Å². The van der Waals surface area contributed by atoms with E-state index in [0.29, 0.717) is 34.4 Å². The van der Waals surface area contributed by atoms with Crippen LogP contribution < -0.4 is 20.5 Å². The Morgan fingerprint density at radius 3 is 2.75 bits per heavy atom. The van der Waals surface area contributed by atoms with Gasteiger partial charge in [0.15, 0.2) is 6.79 Å². The number of hydrogen-bond acceptors (Lipinski definition) is 8. The first-order valence-electron chi connectivity index (χ1n) is 10.7. The summed E-state index contributed by atoms with van der Waals surface area (Å²) in [5, 5.41) is 13.8. The maximum Gasteiger partial charge on any atom is 0.258 e. The summed E-state index contributed by atoms with van der Waals surface area (Å²) >= 11 is 0. The second-order valence-electron chi connectivity index (χ2n) is 9.19. The van der Waals surface area contributed by atoms with Crippen molar-refractivity contribution < 1.29 is 9.47 Å². The lowest BCUT2D eigenvalue weighted by Crippen LogP contribution is -2.45. The van der Waals surface area contributed by atoms with Gasteiger partial charge >= 0.3 is 0 Å². The SMILES string of the molecule is COCOc1cc2ccn(C)c(=O)c2cc1-c1cnc(N2CC[C@H](NC(C)(C)C)C2)nn1. The van der Waals surface area contributed by atoms with Gasteiger partial charge in [-0.2, -0.15) is 0 Å². The Morgan fingerprint density at radius 1 is 1.25 bits per heavy atom. The van der Waals surface area contributed by atoms with Gasteiger partial charge in [-0.3, -0.25) is 4.79 Å². The van der Waals surface area contributed by atoms with Crippen LogP contribution in [0.4, 0.5) is 5.95 Å². The molecular weight excluding hydrogens is 408 g/mol. The summed E-state index contributed by atoms with van der Waals surface area (Å²) in [7, 11) is 3.29. The first-order chi connectivity index (χ1) is 15.2. The van der Waals surface area contributed by atoms with Crippen molar-refractivity contribution in [1.29, 1.82) is 0 Å². The number of methoxy groups -OCH3 is 1. The molecule has 1 aliphatic heterocycles. The fourth-order valence-electron chi connectivity index (χ4n) is 4.02. The predicted octanol–water partition coefficient (Wildman–Crippen LogP) is 2.34. The quantitative estimate of drug-likeness (QED) is 0.586. The van der Waals surface area contributed by atoms with Crippen molar-refractivity contribution in [2.75, 3.05) is 31.9 Å². The van der Waals surface area contributed by atoms with E-state index in [1.807, 2.05) is 12.1 Å². The van der Waals surface area contributed by atoms with Gasteiger partial charge in [-0.15, -0.1) is 10.2 Å². The first kappa shape index (κ1) is 22.2. The molecule has 0 unspecified atom stereocenters. The molecule has 0 saturated carbocycles. The highest BCUT2D eigenvalue weighted by atomic mass is 16.7. The zero-order valence-electron chi connectivity index (χ0n) is 19.3. The van der Waals surface area contributed by atoms with Crippen molar-refractivity contribution in [2.24, 2.45) is 7.05 Å². The van der Waals surface area contributed by atoms with Crippen molar-refractivity contribution in [3.05, 3.63) is 40.9 Å². The van der Waals surface area contributed by atoms with Gasteiger partial charge in [-0.1, -0.05) is 0 Å². The third-order valence-electron chi connectivity index (χ3n) is 5.45. The number of rotatable bonds is 6. The maximum absolute atomic E-state index is 12.6. The van der Waals surface area contributed by atoms with Crippen molar-refractivity contribution in [2.45, 2.75) is 38.8 Å². The van der Waals surface area contributed by atoms with Crippen LogP contribution in [0.5, 0.6) is 5.75 Å². The second kappa shape index (κ2) is 8.84. The number of ether oxygens (including phenoxy) is 2. The van der Waals surface area contributed by atoms with Crippen LogP contribution in [-0.4, -0.2) is 58.3 Å². The summed E-state index contributed by atoms with van der Waals surface area (Å²) in [6.07, 6.45) is 4.45. The molecule has 1 aromatic carbocycles. The minimum Gasteiger partial charge on any atom is -0.467 e. The number of nitrogens with one attached hydrogen (secondary N) is 1. The van der Waals surface area contributed by atoms with E-state index in [9.17, 15) is 4.79 Å². The number of benzene rings is 1. The highest BCUT2D eigenvalue weighted by molar-refractivity contribution is 5.89. The number of hydrogen-bond donors (Lipinski definition) is 1. The molecule has 1 saturated heterocycles. The van der Waals surface area contributed by atoms with Crippen LogP contribution in [0.3, 0.4) is 0 Å². The number of pyridine rings is 1. The molecule has 0 bridgehead atoms. The van der Waals surface area contributed by atoms with Gasteiger partial charge in [-0.25, -0.2) is 4.98 Å². The summed E-state index contributed by atoms with van der Waals surface area (Å²) in [5.41, 5.74) is 1.17. The van der Waals surface area contributed by atoms with Crippen LogP contribution >= 0.6 is 0 Å². The lowest BCUT2D eigenvalue weighted by molar-refractivity contribution is 0.0516. The predicted molar refractivity (Wildman–Crippen MR) is 124 cm³/mol. The second-order valence-corrected chi connectivity index (χ2v) is 9.19. The molecule has 0 spiro atoms. The van der Waals surface area contributed by atoms with Crippen molar-refractivity contribution >= 4 is 16.7 Å². The molecule has 1 atom stereocenters. The van der Waals surface area contributed by atoms with E-state index in [4.69, 9.17) is 9.47 Å². The Labute approximate surface area is 187 Å². The third kappa shape index (κ3) is 4.73. The highest BCUT2D eigenvalue weighted by Gasteiger charge is 2.27. The third-order valence-corrected chi connectivity index (χ3v) is 5.45. The summed E-state index contributed by atoms with van der Waals surface area (Å²) in [5.74, 6) is 1.16. The van der Waals surface area contributed by atoms with Crippen molar-refractivity contribution in [3.63, 3.8) is 0 Å². The average molecular weight is 439 g/mol. The van der Waals surface area contributed by atoms with E-state index in [-0.39, 0.29) is 17.9 Å². The molecule has 4 rings (SSSR count). The van der Waals surface area contributed by atoms with E-state index in [1.165, 1.54) is 0 Å². The molecule has 1 N–H and O–H groups in total. The molecule has 0 radical (unpaired) electrons. The molecule has 9 heteroatoms. The van der Waals surface area contributed by atoms with E-state index in [0.717, 1.165) is 24.9 Å². The Balaban J connectivity index is 1.64. The fraction of sp³-hybridized carbons (Fsp3) is 0.478. The number of aromatic nitrogens is 4. The smallest absolute Gasteiger partial charge is 0.258 e. The molecular formula is C23H30N6O3. The topological polar surface area (TPSA) is 94.4 Å². The van der Waals surface area contributed by atoms with Gasteiger partial charge in [0.25, 0.3) is 5.56 Å². The molecule has 3 heterocycles. The van der Waals surface area contributed by atoms with E-state index in [1.54, 1.807) is 37.2 Å². The summed E-state index contributed by atoms with van der Waals surface area (Å²) in [4.78, 5) is 19.3. The van der Waals surface area contributed by atoms with Crippen LogP contribution in [0.25, 0.3) is 22.0 Å². The van der Waals surface area contributed by atoms with Crippen LogP contribution in [0, 0.1) is 0 Å². The van der Waals surface area contributed by atoms with Crippen LogP contribution in [0.15, 0.2) is 35.4 Å². The van der Waals surface area contributed by atoms with Gasteiger partial charge in [0.05, 0.1) is 6.20 Å². The number of fused-ring (bicyclic) bond motifs is 1. The van der Waals surface area contributed by atoms with Crippen LogP contribution in [-0.2, 0) is 11.8 Å². The Bertz CT molecular complexity index is 1150. The van der Waals surface area contributed by atoms with Crippen LogP contribution in [0.1, 0.15) is 27.2 Å². The number of anilines is 1. The van der Waals surface area contributed by atoms with E-state index < -0.39 is 0 Å². The highest BCUT2D eigenvalue weighted by Crippen LogP contribution is 2.32. The molecule has 1 aliphatic rings. The van der Waals surface area contributed by atoms with E-state index in [2.05, 4.69) is 46.2 Å². The lowest BCUT2D eigenvalue weighted by atomic mass is 10.1. The number of aryl methyl sites for hydroxylation is 1. The van der Waals surface area contributed by atoms with Gasteiger partial charge in [0.1, 0.15) is 11.4 Å². The summed E-state index contributed by atoms with van der Waals surface area (Å²) < 4.78 is 12.4.